The van der Waals surface area contributed by atoms with Crippen molar-refractivity contribution in [1.82, 2.24) is 10.6 Å². The van der Waals surface area contributed by atoms with Gasteiger partial charge < -0.3 is 34.8 Å². The van der Waals surface area contributed by atoms with Crippen LogP contribution < -0.4 is 16.4 Å². The van der Waals surface area contributed by atoms with Gasteiger partial charge in [-0.2, -0.15) is 0 Å². The minimum Gasteiger partial charge on any atom is -0.480 e. The van der Waals surface area contributed by atoms with E-state index in [9.17, 15) is 9.59 Å². The van der Waals surface area contributed by atoms with Gasteiger partial charge in [0.05, 0.1) is 0 Å². The van der Waals surface area contributed by atoms with Crippen LogP contribution in [-0.2, 0) is 18.1 Å². The highest BCUT2D eigenvalue weighted by molar-refractivity contribution is 6.60. The van der Waals surface area contributed by atoms with Gasteiger partial charge in [-0.3, -0.25) is 4.79 Å². The third-order valence-electron chi connectivity index (χ3n) is 2.94. The average Bonchev–Trinajstić information content (AvgIpc) is 2.48. The summed E-state index contributed by atoms with van der Waals surface area (Å²) in [5, 5.41) is 13.8. The van der Waals surface area contributed by atoms with E-state index in [4.69, 9.17) is 24.1 Å². The molecule has 0 rings (SSSR count). The predicted octanol–water partition coefficient (Wildman–Crippen LogP) is -0.644. The monoisotopic (exact) mass is 323 g/mol. The molecule has 1 atom stereocenters. The van der Waals surface area contributed by atoms with Crippen LogP contribution in [0.3, 0.4) is 0 Å². The van der Waals surface area contributed by atoms with Crippen molar-refractivity contribution < 1.29 is 28.0 Å². The summed E-state index contributed by atoms with van der Waals surface area (Å²) in [5.41, 5.74) is 5.31. The van der Waals surface area contributed by atoms with Gasteiger partial charge in [0.15, 0.2) is 0 Å². The predicted molar refractivity (Wildman–Crippen MR) is 77.8 cm³/mol. The molecule has 1 unspecified atom stereocenters. The van der Waals surface area contributed by atoms with Crippen molar-refractivity contribution in [3.63, 3.8) is 0 Å². The molecule has 0 aromatic carbocycles. The van der Waals surface area contributed by atoms with Crippen LogP contribution in [0.5, 0.6) is 0 Å². The molecular formula is C11H25N3O6Si. The number of carboxylic acids is 1. The van der Waals surface area contributed by atoms with E-state index in [2.05, 4.69) is 10.6 Å². The molecule has 0 aliphatic heterocycles. The first-order valence-electron chi connectivity index (χ1n) is 6.56. The van der Waals surface area contributed by atoms with Gasteiger partial charge in [0, 0.05) is 40.5 Å². The number of carbonyl (C=O) groups excluding carboxylic acids is 1. The molecule has 0 radical (unpaired) electrons. The number of hydrogen-bond donors (Lipinski definition) is 4. The minimum atomic E-state index is -2.60. The molecule has 0 aliphatic rings. The summed E-state index contributed by atoms with van der Waals surface area (Å²) in [6, 6.07) is -0.755. The van der Waals surface area contributed by atoms with Crippen molar-refractivity contribution in [2.75, 3.05) is 34.4 Å². The first-order valence-corrected chi connectivity index (χ1v) is 8.49. The number of amides is 2. The lowest BCUT2D eigenvalue weighted by molar-refractivity contribution is -0.138. The van der Waals surface area contributed by atoms with Crippen LogP contribution in [0.2, 0.25) is 6.04 Å². The van der Waals surface area contributed by atoms with E-state index < -0.39 is 20.8 Å². The van der Waals surface area contributed by atoms with Crippen LogP contribution >= 0.6 is 0 Å². The van der Waals surface area contributed by atoms with Gasteiger partial charge in [-0.25, -0.2) is 4.79 Å². The summed E-state index contributed by atoms with van der Waals surface area (Å²) in [4.78, 5) is 21.9. The highest BCUT2D eigenvalue weighted by Crippen LogP contribution is 2.14. The van der Waals surface area contributed by atoms with Gasteiger partial charge in [-0.1, -0.05) is 0 Å². The number of urea groups is 1. The lowest BCUT2D eigenvalue weighted by Crippen LogP contribution is -2.44. The fourth-order valence-corrected chi connectivity index (χ4v) is 3.31. The average molecular weight is 323 g/mol. The Morgan fingerprint density at radius 3 is 2.14 bits per heavy atom. The maximum atomic E-state index is 11.4. The number of carbonyl (C=O) groups is 2. The Morgan fingerprint density at radius 1 is 1.14 bits per heavy atom. The van der Waals surface area contributed by atoms with Crippen LogP contribution in [0, 0.1) is 0 Å². The first kappa shape index (κ1) is 19.8. The molecular weight excluding hydrogens is 298 g/mol. The van der Waals surface area contributed by atoms with Gasteiger partial charge in [-0.05, 0) is 12.8 Å². The Balaban J connectivity index is 3.78. The highest BCUT2D eigenvalue weighted by Gasteiger charge is 2.36. The van der Waals surface area contributed by atoms with Crippen molar-refractivity contribution in [2.45, 2.75) is 24.9 Å². The fourth-order valence-electron chi connectivity index (χ4n) is 1.59. The normalized spacial score (nSPS) is 12.8. The second-order valence-electron chi connectivity index (χ2n) is 4.32. The third-order valence-corrected chi connectivity index (χ3v) is 5.77. The number of nitrogens with one attached hydrogen (secondary N) is 2. The van der Waals surface area contributed by atoms with E-state index in [1.165, 1.54) is 21.3 Å². The Labute approximate surface area is 125 Å². The minimum absolute atomic E-state index is 0.176. The van der Waals surface area contributed by atoms with Gasteiger partial charge in [0.25, 0.3) is 0 Å². The summed E-state index contributed by atoms with van der Waals surface area (Å²) < 4.78 is 15.8. The molecule has 0 aliphatic carbocycles. The molecule has 0 heterocycles. The number of hydrogen-bond acceptors (Lipinski definition) is 6. The van der Waals surface area contributed by atoms with Crippen LogP contribution in [0.15, 0.2) is 0 Å². The summed E-state index contributed by atoms with van der Waals surface area (Å²) in [5.74, 6) is -1.09. The van der Waals surface area contributed by atoms with E-state index in [0.29, 0.717) is 19.0 Å². The second kappa shape index (κ2) is 10.5. The zero-order valence-electron chi connectivity index (χ0n) is 12.7. The quantitative estimate of drug-likeness (QED) is 0.293. The Kier molecular flexibility index (Phi) is 9.91. The molecule has 0 aromatic rings. The maximum Gasteiger partial charge on any atom is 0.500 e. The topological polar surface area (TPSA) is 132 Å². The van der Waals surface area contributed by atoms with E-state index in [0.717, 1.165) is 0 Å². The molecule has 0 saturated heterocycles. The molecule has 0 saturated carbocycles. The van der Waals surface area contributed by atoms with Crippen LogP contribution in [-0.4, -0.2) is 66.4 Å². The summed E-state index contributed by atoms with van der Waals surface area (Å²) in [6.07, 6.45) is 0.819. The molecule has 10 heteroatoms. The van der Waals surface area contributed by atoms with Crippen molar-refractivity contribution in [3.05, 3.63) is 0 Å². The van der Waals surface area contributed by atoms with Gasteiger partial charge in [0.2, 0.25) is 0 Å². The van der Waals surface area contributed by atoms with Gasteiger partial charge in [0.1, 0.15) is 6.04 Å². The lowest BCUT2D eigenvalue weighted by Gasteiger charge is -2.24. The summed E-state index contributed by atoms with van der Waals surface area (Å²) in [6.45, 7) is 0.633. The second-order valence-corrected chi connectivity index (χ2v) is 7.41. The number of rotatable bonds is 11. The first-order chi connectivity index (χ1) is 9.90. The molecule has 0 aromatic heterocycles. The zero-order chi connectivity index (χ0) is 16.3. The number of nitrogens with two attached hydrogens (primary N) is 1. The third kappa shape index (κ3) is 7.97. The Hall–Kier alpha value is -1.20. The number of carboxylic acid groups (broad SMARTS) is 1. The molecule has 5 N–H and O–H groups in total. The van der Waals surface area contributed by atoms with Crippen molar-refractivity contribution in [2.24, 2.45) is 5.73 Å². The standard InChI is InChI=1S/C11H25N3O6Si/c1-18-21(19-2,20-3)8-4-6-13-11(17)14-7-5-9(12)10(15)16/h9H,4-8,12H2,1-3H3,(H,15,16)(H2,13,14,17). The smallest absolute Gasteiger partial charge is 0.480 e. The molecule has 124 valence electrons. The van der Waals surface area contributed by atoms with E-state index in [1.54, 1.807) is 0 Å². The molecule has 0 spiro atoms. The van der Waals surface area contributed by atoms with Gasteiger partial charge in [-0.15, -0.1) is 0 Å². The maximum absolute atomic E-state index is 11.4. The summed E-state index contributed by atoms with van der Waals surface area (Å²) >= 11 is 0. The molecule has 0 fully saturated rings. The zero-order valence-corrected chi connectivity index (χ0v) is 13.7. The SMILES string of the molecule is CO[Si](CCCNC(=O)NCCC(N)C(=O)O)(OC)OC. The Bertz CT molecular complexity index is 319. The summed E-state index contributed by atoms with van der Waals surface area (Å²) in [7, 11) is 2.00. The number of aliphatic carboxylic acids is 1. The molecule has 2 amide bonds. The largest absolute Gasteiger partial charge is 0.500 e. The van der Waals surface area contributed by atoms with E-state index in [1.807, 2.05) is 0 Å². The van der Waals surface area contributed by atoms with E-state index >= 15 is 0 Å². The van der Waals surface area contributed by atoms with Crippen molar-refractivity contribution >= 4 is 20.8 Å². The fraction of sp³-hybridized carbons (Fsp3) is 0.818. The van der Waals surface area contributed by atoms with Crippen LogP contribution in [0.4, 0.5) is 4.79 Å². The Morgan fingerprint density at radius 2 is 1.67 bits per heavy atom. The lowest BCUT2D eigenvalue weighted by atomic mass is 10.2. The highest BCUT2D eigenvalue weighted by atomic mass is 28.4. The van der Waals surface area contributed by atoms with Gasteiger partial charge >= 0.3 is 20.8 Å². The van der Waals surface area contributed by atoms with Crippen LogP contribution in [0.1, 0.15) is 12.8 Å². The molecule has 21 heavy (non-hydrogen) atoms. The van der Waals surface area contributed by atoms with Crippen LogP contribution in [0.25, 0.3) is 0 Å². The molecule has 0 bridgehead atoms. The van der Waals surface area contributed by atoms with E-state index in [-0.39, 0.29) is 19.0 Å². The molecule has 9 nitrogen and oxygen atoms in total. The van der Waals surface area contributed by atoms with Crippen molar-refractivity contribution in [1.29, 1.82) is 0 Å². The van der Waals surface area contributed by atoms with Crippen molar-refractivity contribution in [3.8, 4) is 0 Å².